The first-order valence-corrected chi connectivity index (χ1v) is 8.09. The first-order valence-electron chi connectivity index (χ1n) is 7.33. The molecule has 1 aromatic heterocycles. The number of anilines is 2. The van der Waals surface area contributed by atoms with E-state index in [0.29, 0.717) is 41.6 Å². The molecule has 140 valence electrons. The second-order valence-corrected chi connectivity index (χ2v) is 6.08. The summed E-state index contributed by atoms with van der Waals surface area (Å²) < 4.78 is 5.33. The highest BCUT2D eigenvalue weighted by atomic mass is 35.5. The number of rotatable bonds is 5. The van der Waals surface area contributed by atoms with Gasteiger partial charge in [-0.05, 0) is 18.2 Å². The number of nitrogens with zero attached hydrogens (tertiary/aromatic N) is 3. The lowest BCUT2D eigenvalue weighted by Gasteiger charge is -2.25. The lowest BCUT2D eigenvalue weighted by molar-refractivity contribution is 0.122. The molecule has 0 saturated carbocycles. The van der Waals surface area contributed by atoms with E-state index in [1.54, 1.807) is 18.2 Å². The number of H-pyrrole nitrogens is 1. The van der Waals surface area contributed by atoms with E-state index in [1.807, 2.05) is 0 Å². The van der Waals surface area contributed by atoms with Gasteiger partial charge in [-0.3, -0.25) is 5.10 Å². The third kappa shape index (κ3) is 5.77. The SMILES string of the molecule is Cl.Cl.NCC(Nc1cc(Cl)cc(Cl)c1)c1nc(N2CCOCC2)n[nH]1. The third-order valence-corrected chi connectivity index (χ3v) is 3.99. The van der Waals surface area contributed by atoms with Gasteiger partial charge in [-0.15, -0.1) is 29.9 Å². The van der Waals surface area contributed by atoms with Crippen molar-refractivity contribution >= 4 is 59.7 Å². The summed E-state index contributed by atoms with van der Waals surface area (Å²) in [6.07, 6.45) is 0. The maximum absolute atomic E-state index is 6.02. The molecule has 2 heterocycles. The van der Waals surface area contributed by atoms with E-state index < -0.39 is 0 Å². The van der Waals surface area contributed by atoms with Crippen LogP contribution in [0.5, 0.6) is 0 Å². The zero-order valence-corrected chi connectivity index (χ0v) is 16.4. The highest BCUT2D eigenvalue weighted by molar-refractivity contribution is 6.35. The molecule has 1 aromatic carbocycles. The fraction of sp³-hybridized carbons (Fsp3) is 0.429. The number of hydrogen-bond acceptors (Lipinski definition) is 6. The second-order valence-electron chi connectivity index (χ2n) is 5.21. The number of halogens is 4. The quantitative estimate of drug-likeness (QED) is 0.676. The lowest BCUT2D eigenvalue weighted by Crippen LogP contribution is -2.37. The number of nitrogens with one attached hydrogen (secondary N) is 2. The molecule has 11 heteroatoms. The number of hydrogen-bond donors (Lipinski definition) is 3. The zero-order valence-electron chi connectivity index (χ0n) is 13.2. The average Bonchev–Trinajstić information content (AvgIpc) is 3.02. The molecule has 0 radical (unpaired) electrons. The molecule has 0 aliphatic carbocycles. The van der Waals surface area contributed by atoms with Crippen molar-refractivity contribution < 1.29 is 4.74 Å². The molecule has 2 aromatic rings. The van der Waals surface area contributed by atoms with Crippen LogP contribution in [0.25, 0.3) is 0 Å². The van der Waals surface area contributed by atoms with Gasteiger partial charge >= 0.3 is 0 Å². The van der Waals surface area contributed by atoms with Crippen molar-refractivity contribution in [1.82, 2.24) is 15.2 Å². The minimum Gasteiger partial charge on any atom is -0.378 e. The lowest BCUT2D eigenvalue weighted by atomic mass is 10.2. The Hall–Kier alpha value is -0.960. The Balaban J connectivity index is 0.00000156. The van der Waals surface area contributed by atoms with Crippen LogP contribution in [0.4, 0.5) is 11.6 Å². The number of nitrogens with two attached hydrogens (primary N) is 1. The van der Waals surface area contributed by atoms with E-state index in [9.17, 15) is 0 Å². The van der Waals surface area contributed by atoms with Crippen molar-refractivity contribution in [1.29, 1.82) is 0 Å². The van der Waals surface area contributed by atoms with Gasteiger partial charge in [0.2, 0.25) is 5.95 Å². The largest absolute Gasteiger partial charge is 0.378 e. The summed E-state index contributed by atoms with van der Waals surface area (Å²) in [4.78, 5) is 6.62. The van der Waals surface area contributed by atoms with Gasteiger partial charge in [0, 0.05) is 35.4 Å². The molecule has 4 N–H and O–H groups in total. The van der Waals surface area contributed by atoms with Gasteiger partial charge in [0.15, 0.2) is 0 Å². The smallest absolute Gasteiger partial charge is 0.244 e. The summed E-state index contributed by atoms with van der Waals surface area (Å²) in [5.41, 5.74) is 6.65. The van der Waals surface area contributed by atoms with Crippen molar-refractivity contribution in [3.8, 4) is 0 Å². The molecular formula is C14H20Cl4N6O. The van der Waals surface area contributed by atoms with Gasteiger partial charge in [-0.2, -0.15) is 4.98 Å². The van der Waals surface area contributed by atoms with E-state index in [2.05, 4.69) is 25.4 Å². The Kier molecular flexibility index (Phi) is 9.06. The minimum absolute atomic E-state index is 0. The number of ether oxygens (including phenoxy) is 1. The normalized spacial score (nSPS) is 15.1. The number of morpholine rings is 1. The number of aromatic nitrogens is 3. The first-order chi connectivity index (χ1) is 11.2. The molecular weight excluding hydrogens is 410 g/mol. The van der Waals surface area contributed by atoms with Crippen LogP contribution in [0.3, 0.4) is 0 Å². The van der Waals surface area contributed by atoms with Crippen molar-refractivity contribution in [3.05, 3.63) is 34.1 Å². The van der Waals surface area contributed by atoms with E-state index in [-0.39, 0.29) is 30.9 Å². The van der Waals surface area contributed by atoms with Gasteiger partial charge in [-0.25, -0.2) is 0 Å². The fourth-order valence-corrected chi connectivity index (χ4v) is 2.93. The molecule has 0 bridgehead atoms. The molecule has 1 saturated heterocycles. The molecule has 7 nitrogen and oxygen atoms in total. The Labute approximate surface area is 168 Å². The summed E-state index contributed by atoms with van der Waals surface area (Å²) >= 11 is 12.0. The van der Waals surface area contributed by atoms with Gasteiger partial charge in [0.1, 0.15) is 5.82 Å². The number of benzene rings is 1. The summed E-state index contributed by atoms with van der Waals surface area (Å²) in [7, 11) is 0. The summed E-state index contributed by atoms with van der Waals surface area (Å²) in [6, 6.07) is 5.04. The monoisotopic (exact) mass is 428 g/mol. The Morgan fingerprint density at radius 2 is 1.84 bits per heavy atom. The van der Waals surface area contributed by atoms with Crippen molar-refractivity contribution in [2.45, 2.75) is 6.04 Å². The van der Waals surface area contributed by atoms with Crippen LogP contribution >= 0.6 is 48.0 Å². The average molecular weight is 430 g/mol. The summed E-state index contributed by atoms with van der Waals surface area (Å²) in [6.45, 7) is 3.28. The van der Waals surface area contributed by atoms with E-state index >= 15 is 0 Å². The van der Waals surface area contributed by atoms with Crippen LogP contribution < -0.4 is 16.0 Å². The Bertz CT molecular complexity index is 644. The molecule has 1 unspecified atom stereocenters. The third-order valence-electron chi connectivity index (χ3n) is 3.55. The molecule has 1 aliphatic rings. The zero-order chi connectivity index (χ0) is 16.2. The summed E-state index contributed by atoms with van der Waals surface area (Å²) in [5, 5.41) is 11.6. The maximum Gasteiger partial charge on any atom is 0.244 e. The van der Waals surface area contributed by atoms with Gasteiger partial charge in [-0.1, -0.05) is 23.2 Å². The van der Waals surface area contributed by atoms with Crippen LogP contribution in [-0.4, -0.2) is 48.0 Å². The van der Waals surface area contributed by atoms with Gasteiger partial charge in [0.25, 0.3) is 0 Å². The molecule has 3 rings (SSSR count). The highest BCUT2D eigenvalue weighted by Gasteiger charge is 2.19. The van der Waals surface area contributed by atoms with Gasteiger partial charge < -0.3 is 20.7 Å². The van der Waals surface area contributed by atoms with Crippen LogP contribution in [0.15, 0.2) is 18.2 Å². The predicted molar refractivity (Wildman–Crippen MR) is 106 cm³/mol. The number of aromatic amines is 1. The molecule has 1 fully saturated rings. The molecule has 1 atom stereocenters. The minimum atomic E-state index is -0.216. The van der Waals surface area contributed by atoms with E-state index in [0.717, 1.165) is 18.8 Å². The van der Waals surface area contributed by atoms with Crippen LogP contribution in [0, 0.1) is 0 Å². The molecule has 25 heavy (non-hydrogen) atoms. The molecule has 0 amide bonds. The Morgan fingerprint density at radius 3 is 2.44 bits per heavy atom. The standard InChI is InChI=1S/C14H18Cl2N6O.2ClH/c15-9-5-10(16)7-11(6-9)18-12(8-17)13-19-14(21-20-13)22-1-3-23-4-2-22;;/h5-7,12,18H,1-4,8,17H2,(H,19,20,21);2*1H. The summed E-state index contributed by atoms with van der Waals surface area (Å²) in [5.74, 6) is 1.33. The van der Waals surface area contributed by atoms with E-state index in [1.165, 1.54) is 0 Å². The van der Waals surface area contributed by atoms with Crippen molar-refractivity contribution in [2.24, 2.45) is 5.73 Å². The Morgan fingerprint density at radius 1 is 1.20 bits per heavy atom. The predicted octanol–water partition coefficient (Wildman–Crippen LogP) is 2.90. The first kappa shape index (κ1) is 22.1. The molecule has 1 aliphatic heterocycles. The van der Waals surface area contributed by atoms with Crippen molar-refractivity contribution in [2.75, 3.05) is 43.1 Å². The van der Waals surface area contributed by atoms with Crippen LogP contribution in [0.1, 0.15) is 11.9 Å². The highest BCUT2D eigenvalue weighted by Crippen LogP contribution is 2.25. The van der Waals surface area contributed by atoms with Gasteiger partial charge in [0.05, 0.1) is 19.3 Å². The second kappa shape index (κ2) is 10.3. The van der Waals surface area contributed by atoms with E-state index in [4.69, 9.17) is 33.7 Å². The van der Waals surface area contributed by atoms with Crippen molar-refractivity contribution in [3.63, 3.8) is 0 Å². The maximum atomic E-state index is 6.02. The van der Waals surface area contributed by atoms with Crippen LogP contribution in [-0.2, 0) is 4.74 Å². The molecule has 0 spiro atoms. The van der Waals surface area contributed by atoms with Crippen LogP contribution in [0.2, 0.25) is 10.0 Å². The topological polar surface area (TPSA) is 92.1 Å². The fourth-order valence-electron chi connectivity index (χ4n) is 2.40.